The van der Waals surface area contributed by atoms with E-state index in [9.17, 15) is 9.59 Å². The van der Waals surface area contributed by atoms with Gasteiger partial charge in [-0.25, -0.2) is 0 Å². The molecule has 0 amide bonds. The largest absolute Gasteiger partial charge is 0.458 e. The van der Waals surface area contributed by atoms with E-state index < -0.39 is 0 Å². The number of hydrogen-bond acceptors (Lipinski definition) is 3. The molecule has 0 saturated carbocycles. The second kappa shape index (κ2) is 4.92. The van der Waals surface area contributed by atoms with Gasteiger partial charge in [-0.15, -0.1) is 0 Å². The minimum atomic E-state index is -0.146. The Morgan fingerprint density at radius 1 is 1.31 bits per heavy atom. The Morgan fingerprint density at radius 2 is 2.12 bits per heavy atom. The fourth-order valence-corrected chi connectivity index (χ4v) is 1.98. The lowest BCUT2D eigenvalue weighted by atomic mass is 9.96. The zero-order chi connectivity index (χ0) is 11.4. The van der Waals surface area contributed by atoms with Crippen molar-refractivity contribution < 1.29 is 14.3 Å². The van der Waals surface area contributed by atoms with Crippen molar-refractivity contribution in [1.82, 2.24) is 0 Å². The van der Waals surface area contributed by atoms with E-state index in [0.717, 1.165) is 30.3 Å². The van der Waals surface area contributed by atoms with Crippen LogP contribution in [0.3, 0.4) is 0 Å². The summed E-state index contributed by atoms with van der Waals surface area (Å²) in [5.74, 6) is -0.137. The number of aldehydes is 1. The van der Waals surface area contributed by atoms with Crippen LogP contribution < -0.4 is 0 Å². The molecular weight excluding hydrogens is 204 g/mol. The predicted octanol–water partition coefficient (Wildman–Crippen LogP) is 2.09. The maximum atomic E-state index is 11.2. The number of carbonyl (C=O) groups is 2. The number of allylic oxidation sites excluding steroid dienone is 5. The topological polar surface area (TPSA) is 43.4 Å². The van der Waals surface area contributed by atoms with E-state index in [1.165, 1.54) is 0 Å². The highest BCUT2D eigenvalue weighted by molar-refractivity contribution is 5.75. The summed E-state index contributed by atoms with van der Waals surface area (Å²) in [4.78, 5) is 22.0. The van der Waals surface area contributed by atoms with Gasteiger partial charge in [0.25, 0.3) is 0 Å². The van der Waals surface area contributed by atoms with Gasteiger partial charge in [0.15, 0.2) is 0 Å². The van der Waals surface area contributed by atoms with Crippen LogP contribution in [0.15, 0.2) is 35.5 Å². The molecule has 0 radical (unpaired) electrons. The molecule has 1 fully saturated rings. The van der Waals surface area contributed by atoms with Crippen molar-refractivity contribution in [3.8, 4) is 0 Å². The van der Waals surface area contributed by atoms with Crippen LogP contribution in [-0.2, 0) is 14.3 Å². The van der Waals surface area contributed by atoms with Crippen molar-refractivity contribution >= 4 is 12.3 Å². The molecule has 3 heteroatoms. The molecular formula is C13H14O3. The minimum Gasteiger partial charge on any atom is -0.458 e. The third kappa shape index (κ3) is 2.48. The maximum absolute atomic E-state index is 11.2. The lowest BCUT2D eigenvalue weighted by molar-refractivity contribution is -0.151. The molecule has 0 spiro atoms. The molecule has 0 unspecified atom stereocenters. The smallest absolute Gasteiger partial charge is 0.306 e. The quantitative estimate of drug-likeness (QED) is 0.526. The Hall–Kier alpha value is -1.64. The maximum Gasteiger partial charge on any atom is 0.306 e. The van der Waals surface area contributed by atoms with Gasteiger partial charge < -0.3 is 4.74 Å². The van der Waals surface area contributed by atoms with Crippen LogP contribution in [0.4, 0.5) is 0 Å². The number of carbonyl (C=O) groups excluding carboxylic acids is 2. The Morgan fingerprint density at radius 3 is 2.88 bits per heavy atom. The number of rotatable bonds is 2. The standard InChI is InChI=1S/C13H14O3/c14-9-10-4-1-2-5-11(8-10)12-6-3-7-13(15)16-12/h1-2,4-5,9,12H,3,6-8H2/t12-/m1/s1. The number of ether oxygens (including phenoxy) is 1. The summed E-state index contributed by atoms with van der Waals surface area (Å²) in [5.41, 5.74) is 1.74. The fraction of sp³-hybridized carbons (Fsp3) is 0.385. The third-order valence-electron chi connectivity index (χ3n) is 2.83. The van der Waals surface area contributed by atoms with E-state index in [1.54, 1.807) is 6.08 Å². The zero-order valence-electron chi connectivity index (χ0n) is 9.02. The van der Waals surface area contributed by atoms with Crippen LogP contribution in [0, 0.1) is 0 Å². The van der Waals surface area contributed by atoms with E-state index in [2.05, 4.69) is 0 Å². The molecule has 0 aromatic rings. The Kier molecular flexibility index (Phi) is 3.34. The molecule has 1 atom stereocenters. The normalized spacial score (nSPS) is 25.2. The van der Waals surface area contributed by atoms with E-state index >= 15 is 0 Å². The molecule has 0 aromatic carbocycles. The van der Waals surface area contributed by atoms with Gasteiger partial charge in [0, 0.05) is 12.8 Å². The molecule has 0 aromatic heterocycles. The zero-order valence-corrected chi connectivity index (χ0v) is 9.02. The molecule has 1 heterocycles. The molecule has 3 nitrogen and oxygen atoms in total. The number of hydrogen-bond donors (Lipinski definition) is 0. The van der Waals surface area contributed by atoms with E-state index in [1.807, 2.05) is 18.2 Å². The lowest BCUT2D eigenvalue weighted by Gasteiger charge is -2.24. The molecule has 16 heavy (non-hydrogen) atoms. The molecule has 1 aliphatic heterocycles. The average molecular weight is 218 g/mol. The summed E-state index contributed by atoms with van der Waals surface area (Å²) in [5, 5.41) is 0. The Balaban J connectivity index is 2.11. The van der Waals surface area contributed by atoms with Crippen LogP contribution in [0.5, 0.6) is 0 Å². The van der Waals surface area contributed by atoms with Gasteiger partial charge in [0.1, 0.15) is 12.4 Å². The average Bonchev–Trinajstić information content (AvgIpc) is 2.54. The van der Waals surface area contributed by atoms with Crippen LogP contribution >= 0.6 is 0 Å². The van der Waals surface area contributed by atoms with Gasteiger partial charge in [0.2, 0.25) is 0 Å². The summed E-state index contributed by atoms with van der Waals surface area (Å²) < 4.78 is 5.29. The van der Waals surface area contributed by atoms with Crippen LogP contribution in [0.2, 0.25) is 0 Å². The van der Waals surface area contributed by atoms with Crippen molar-refractivity contribution in [1.29, 1.82) is 0 Å². The second-order valence-corrected chi connectivity index (χ2v) is 4.03. The van der Waals surface area contributed by atoms with Crippen molar-refractivity contribution in [2.45, 2.75) is 31.8 Å². The SMILES string of the molecule is O=CC1=CC=CC=C([C@H]2CCCC(=O)O2)C1. The van der Waals surface area contributed by atoms with Crippen molar-refractivity contribution in [2.24, 2.45) is 0 Å². The van der Waals surface area contributed by atoms with Gasteiger partial charge in [-0.05, 0) is 24.0 Å². The second-order valence-electron chi connectivity index (χ2n) is 4.03. The first kappa shape index (κ1) is 10.9. The number of esters is 1. The molecule has 0 N–H and O–H groups in total. The first-order valence-corrected chi connectivity index (χ1v) is 5.50. The van der Waals surface area contributed by atoms with Gasteiger partial charge >= 0.3 is 5.97 Å². The highest BCUT2D eigenvalue weighted by Crippen LogP contribution is 2.26. The van der Waals surface area contributed by atoms with Crippen LogP contribution in [-0.4, -0.2) is 18.4 Å². The molecule has 2 aliphatic rings. The Bertz CT molecular complexity index is 388. The van der Waals surface area contributed by atoms with Crippen LogP contribution in [0.1, 0.15) is 25.7 Å². The summed E-state index contributed by atoms with van der Waals surface area (Å²) in [6.45, 7) is 0. The molecule has 0 bridgehead atoms. The van der Waals surface area contributed by atoms with Crippen molar-refractivity contribution in [3.05, 3.63) is 35.5 Å². The van der Waals surface area contributed by atoms with Crippen LogP contribution in [0.25, 0.3) is 0 Å². The van der Waals surface area contributed by atoms with E-state index in [0.29, 0.717) is 12.8 Å². The monoisotopic (exact) mass is 218 g/mol. The van der Waals surface area contributed by atoms with E-state index in [-0.39, 0.29) is 12.1 Å². The number of cyclic esters (lactones) is 1. The van der Waals surface area contributed by atoms with Gasteiger partial charge in [-0.2, -0.15) is 0 Å². The van der Waals surface area contributed by atoms with Crippen molar-refractivity contribution in [2.75, 3.05) is 0 Å². The molecule has 1 saturated heterocycles. The Labute approximate surface area is 94.5 Å². The minimum absolute atomic E-state index is 0.137. The van der Waals surface area contributed by atoms with Gasteiger partial charge in [-0.3, -0.25) is 9.59 Å². The summed E-state index contributed by atoms with van der Waals surface area (Å²) in [6, 6.07) is 0. The van der Waals surface area contributed by atoms with Gasteiger partial charge in [0.05, 0.1) is 0 Å². The van der Waals surface area contributed by atoms with Gasteiger partial charge in [-0.1, -0.05) is 24.3 Å². The highest BCUT2D eigenvalue weighted by atomic mass is 16.5. The molecule has 1 aliphatic carbocycles. The molecule has 84 valence electrons. The first-order chi connectivity index (χ1) is 7.79. The summed E-state index contributed by atoms with van der Waals surface area (Å²) >= 11 is 0. The van der Waals surface area contributed by atoms with E-state index in [4.69, 9.17) is 4.74 Å². The predicted molar refractivity (Wildman–Crippen MR) is 59.7 cm³/mol. The third-order valence-corrected chi connectivity index (χ3v) is 2.83. The molecule has 2 rings (SSSR count). The fourth-order valence-electron chi connectivity index (χ4n) is 1.98. The highest BCUT2D eigenvalue weighted by Gasteiger charge is 2.24. The summed E-state index contributed by atoms with van der Waals surface area (Å²) in [6.07, 6.45) is 11.0. The van der Waals surface area contributed by atoms with Crippen molar-refractivity contribution in [3.63, 3.8) is 0 Å². The lowest BCUT2D eigenvalue weighted by Crippen LogP contribution is -2.25. The summed E-state index contributed by atoms with van der Waals surface area (Å²) in [7, 11) is 0. The first-order valence-electron chi connectivity index (χ1n) is 5.50.